The molecule has 0 saturated heterocycles. The minimum absolute atomic E-state index is 0.117. The number of unbranched alkanes of at least 4 members (excludes halogenated alkanes) is 2. The van der Waals surface area contributed by atoms with E-state index >= 15 is 0 Å². The number of amides is 1. The van der Waals surface area contributed by atoms with Gasteiger partial charge in [-0.15, -0.1) is 0 Å². The molecule has 3 rings (SSSR count). The first kappa shape index (κ1) is 25.9. The Balaban J connectivity index is 1.93. The van der Waals surface area contributed by atoms with Crippen molar-refractivity contribution >= 4 is 17.6 Å². The lowest BCUT2D eigenvalue weighted by atomic mass is 9.99. The maximum atomic E-state index is 14.2. The number of carbonyl (C=O) groups is 2. The number of para-hydroxylation sites is 1. The SMILES string of the molecule is NCc1cc(F)cc(-c2cc(OCCCCCO)cc(C(=O)Nc3ccccc3CC(=O)O)c2)c1. The van der Waals surface area contributed by atoms with Crippen LogP contribution in [0.4, 0.5) is 10.1 Å². The van der Waals surface area contributed by atoms with Gasteiger partial charge in [-0.3, -0.25) is 9.59 Å². The second-order valence-electron chi connectivity index (χ2n) is 8.11. The van der Waals surface area contributed by atoms with E-state index in [4.69, 9.17) is 20.7 Å². The van der Waals surface area contributed by atoms with Gasteiger partial charge in [0.2, 0.25) is 0 Å². The molecule has 0 bridgehead atoms. The van der Waals surface area contributed by atoms with Crippen LogP contribution < -0.4 is 15.8 Å². The fraction of sp³-hybridized carbons (Fsp3) is 0.259. The summed E-state index contributed by atoms with van der Waals surface area (Å²) in [7, 11) is 0. The normalized spacial score (nSPS) is 10.7. The van der Waals surface area contributed by atoms with Crippen LogP contribution in [0, 0.1) is 5.82 Å². The van der Waals surface area contributed by atoms with Gasteiger partial charge in [0.25, 0.3) is 5.91 Å². The number of halogens is 1. The van der Waals surface area contributed by atoms with E-state index in [1.807, 2.05) is 0 Å². The number of aliphatic hydroxyl groups excluding tert-OH is 1. The summed E-state index contributed by atoms with van der Waals surface area (Å²) in [6.07, 6.45) is 1.97. The molecular weight excluding hydrogens is 451 g/mol. The molecule has 0 heterocycles. The Morgan fingerprint density at radius 1 is 0.971 bits per heavy atom. The van der Waals surface area contributed by atoms with Gasteiger partial charge in [0.1, 0.15) is 11.6 Å². The second kappa shape index (κ2) is 12.6. The molecule has 0 radical (unpaired) electrons. The van der Waals surface area contributed by atoms with Crippen LogP contribution in [0.2, 0.25) is 0 Å². The van der Waals surface area contributed by atoms with Crippen LogP contribution in [0.3, 0.4) is 0 Å². The number of rotatable bonds is 12. The number of carboxylic acid groups (broad SMARTS) is 1. The molecule has 8 heteroatoms. The molecule has 0 aromatic heterocycles. The van der Waals surface area contributed by atoms with Crippen molar-refractivity contribution in [1.82, 2.24) is 0 Å². The number of hydrogen-bond donors (Lipinski definition) is 4. The molecule has 184 valence electrons. The summed E-state index contributed by atoms with van der Waals surface area (Å²) in [5, 5.41) is 20.9. The van der Waals surface area contributed by atoms with Gasteiger partial charge < -0.3 is 26.0 Å². The van der Waals surface area contributed by atoms with E-state index in [0.29, 0.717) is 46.7 Å². The molecule has 0 atom stereocenters. The first-order chi connectivity index (χ1) is 16.9. The Hall–Kier alpha value is -3.75. The molecule has 3 aromatic rings. The molecule has 0 aliphatic heterocycles. The molecular formula is C27H29FN2O5. The maximum absolute atomic E-state index is 14.2. The van der Waals surface area contributed by atoms with Gasteiger partial charge in [-0.05, 0) is 84.0 Å². The average Bonchev–Trinajstić information content (AvgIpc) is 2.84. The summed E-state index contributed by atoms with van der Waals surface area (Å²) in [6.45, 7) is 0.675. The highest BCUT2D eigenvalue weighted by Crippen LogP contribution is 2.29. The van der Waals surface area contributed by atoms with Gasteiger partial charge in [-0.25, -0.2) is 4.39 Å². The Bertz CT molecular complexity index is 1180. The van der Waals surface area contributed by atoms with Gasteiger partial charge in [0.05, 0.1) is 13.0 Å². The van der Waals surface area contributed by atoms with Crippen molar-refractivity contribution in [2.45, 2.75) is 32.2 Å². The smallest absolute Gasteiger partial charge is 0.307 e. The third-order valence-electron chi connectivity index (χ3n) is 5.37. The van der Waals surface area contributed by atoms with E-state index in [0.717, 1.165) is 12.8 Å². The minimum atomic E-state index is -1.01. The Morgan fingerprint density at radius 2 is 1.74 bits per heavy atom. The number of carbonyl (C=O) groups excluding carboxylic acids is 1. The van der Waals surface area contributed by atoms with Gasteiger partial charge in [0, 0.05) is 24.4 Å². The first-order valence-electron chi connectivity index (χ1n) is 11.4. The molecule has 3 aromatic carbocycles. The number of benzene rings is 3. The predicted octanol–water partition coefficient (Wildman–Crippen LogP) is 4.37. The number of carboxylic acids is 1. The molecule has 0 fully saturated rings. The number of aliphatic hydroxyl groups is 1. The molecule has 5 N–H and O–H groups in total. The number of anilines is 1. The largest absolute Gasteiger partial charge is 0.494 e. The fourth-order valence-corrected chi connectivity index (χ4v) is 3.65. The standard InChI is InChI=1S/C27H29FN2O5/c28-23-11-18(17-29)10-20(13-23)21-12-22(15-24(14-21)35-9-5-1-4-8-31)27(34)30-25-7-3-2-6-19(25)16-26(32)33/h2-3,6-7,10-15,31H,1,4-5,8-9,16-17,29H2,(H,30,34)(H,32,33). The quantitative estimate of drug-likeness (QED) is 0.286. The van der Waals surface area contributed by atoms with Crippen molar-refractivity contribution in [3.05, 3.63) is 83.2 Å². The number of aliphatic carboxylic acids is 1. The molecule has 0 unspecified atom stereocenters. The van der Waals surface area contributed by atoms with Crippen molar-refractivity contribution in [3.8, 4) is 16.9 Å². The topological polar surface area (TPSA) is 122 Å². The highest BCUT2D eigenvalue weighted by atomic mass is 19.1. The van der Waals surface area contributed by atoms with E-state index in [9.17, 15) is 14.0 Å². The zero-order valence-corrected chi connectivity index (χ0v) is 19.3. The molecule has 35 heavy (non-hydrogen) atoms. The zero-order valence-electron chi connectivity index (χ0n) is 19.3. The monoisotopic (exact) mass is 480 g/mol. The van der Waals surface area contributed by atoms with Gasteiger partial charge in [0.15, 0.2) is 0 Å². The summed E-state index contributed by atoms with van der Waals surface area (Å²) >= 11 is 0. The van der Waals surface area contributed by atoms with Gasteiger partial charge >= 0.3 is 5.97 Å². The van der Waals surface area contributed by atoms with Crippen LogP contribution in [0.25, 0.3) is 11.1 Å². The number of hydrogen-bond acceptors (Lipinski definition) is 5. The van der Waals surface area contributed by atoms with Gasteiger partial charge in [-0.2, -0.15) is 0 Å². The highest BCUT2D eigenvalue weighted by Gasteiger charge is 2.15. The predicted molar refractivity (Wildman–Crippen MR) is 132 cm³/mol. The fourth-order valence-electron chi connectivity index (χ4n) is 3.65. The summed E-state index contributed by atoms with van der Waals surface area (Å²) in [6, 6.07) is 16.1. The summed E-state index contributed by atoms with van der Waals surface area (Å²) < 4.78 is 20.0. The van der Waals surface area contributed by atoms with E-state index in [1.165, 1.54) is 12.1 Å². The lowest BCUT2D eigenvalue weighted by Gasteiger charge is -2.14. The molecule has 0 aliphatic carbocycles. The van der Waals surface area contributed by atoms with E-state index in [1.54, 1.807) is 48.5 Å². The van der Waals surface area contributed by atoms with E-state index < -0.39 is 17.7 Å². The molecule has 0 spiro atoms. The molecule has 7 nitrogen and oxygen atoms in total. The van der Waals surface area contributed by atoms with Crippen molar-refractivity contribution < 1.29 is 28.9 Å². The van der Waals surface area contributed by atoms with Crippen molar-refractivity contribution in [2.24, 2.45) is 5.73 Å². The van der Waals surface area contributed by atoms with E-state index in [-0.39, 0.29) is 25.1 Å². The third-order valence-corrected chi connectivity index (χ3v) is 5.37. The van der Waals surface area contributed by atoms with Crippen LogP contribution in [-0.2, 0) is 17.8 Å². The van der Waals surface area contributed by atoms with Crippen molar-refractivity contribution in [3.63, 3.8) is 0 Å². The van der Waals surface area contributed by atoms with Crippen molar-refractivity contribution in [1.29, 1.82) is 0 Å². The zero-order chi connectivity index (χ0) is 25.2. The second-order valence-corrected chi connectivity index (χ2v) is 8.11. The number of nitrogens with one attached hydrogen (secondary N) is 1. The van der Waals surface area contributed by atoms with Crippen LogP contribution in [0.1, 0.15) is 40.7 Å². The van der Waals surface area contributed by atoms with Crippen LogP contribution >= 0.6 is 0 Å². The van der Waals surface area contributed by atoms with Gasteiger partial charge in [-0.1, -0.05) is 18.2 Å². The summed E-state index contributed by atoms with van der Waals surface area (Å²) in [5.41, 5.74) is 8.59. The molecule has 0 aliphatic rings. The maximum Gasteiger partial charge on any atom is 0.307 e. The average molecular weight is 481 g/mol. The Morgan fingerprint density at radius 3 is 2.49 bits per heavy atom. The van der Waals surface area contributed by atoms with Crippen LogP contribution in [0.15, 0.2) is 60.7 Å². The first-order valence-corrected chi connectivity index (χ1v) is 11.4. The summed E-state index contributed by atoms with van der Waals surface area (Å²) in [5.74, 6) is -1.46. The Kier molecular flexibility index (Phi) is 9.34. The van der Waals surface area contributed by atoms with Crippen LogP contribution in [-0.4, -0.2) is 35.3 Å². The Labute approximate surface area is 203 Å². The highest BCUT2D eigenvalue weighted by molar-refractivity contribution is 6.06. The van der Waals surface area contributed by atoms with E-state index in [2.05, 4.69) is 5.32 Å². The number of nitrogens with two attached hydrogens (primary N) is 1. The van der Waals surface area contributed by atoms with Crippen LogP contribution in [0.5, 0.6) is 5.75 Å². The lowest BCUT2D eigenvalue weighted by molar-refractivity contribution is -0.136. The molecule has 1 amide bonds. The lowest BCUT2D eigenvalue weighted by Crippen LogP contribution is -2.15. The molecule has 0 saturated carbocycles. The third kappa shape index (κ3) is 7.63. The summed E-state index contributed by atoms with van der Waals surface area (Å²) in [4.78, 5) is 24.3. The van der Waals surface area contributed by atoms with Crippen molar-refractivity contribution in [2.75, 3.05) is 18.5 Å². The minimum Gasteiger partial charge on any atom is -0.494 e. The number of ether oxygens (including phenoxy) is 1.